The van der Waals surface area contributed by atoms with Crippen LogP contribution in [0, 0.1) is 28.6 Å². The molecule has 15 atom stereocenters. The lowest BCUT2D eigenvalue weighted by Gasteiger charge is -2.68. The standard InChI is InChI=1S/C83H105N7O26/c1-47(39-60(93)58(88-65(96)45-109-38-36-107-11)29-21-22-34-85-64(95)44-108-37-35-106-10)73(98)86-50(4)74(99)89-59(41-63(84)94)76(101)87-57-32-30-53(31-33-57)43-110-79(104)114-69(67(54-23-15-12-16-24-54)90-75(100)55-25-17-13-18-26-55)78(103)113-61-42-83(105)72(115-77(102)56-27-19-14-20-28-56)70-81(9,48(2)40-62-82(70,46-111-62)116-52(6)92)71(97)68(112-51(5)91)66(49(61)3)80(83,7)8/h12-20,23-28,30-33,47-48,50,58-59,61-62,67-70,72,105H,21-22,29,34-46H2,1-11H3,(H2,84,94)(H,85,95)(H,86,98)(H,87,101)(H,88,96)(H,89,99)(H,90,100)/t47-,48-,50+,58-,59+,61?,62?,67-,68+,69?,70-,72?,81+,82?,83+/m0/s1. The molecule has 0 radical (unpaired) electrons. The van der Waals surface area contributed by atoms with E-state index in [0.717, 1.165) is 6.92 Å². The Morgan fingerprint density at radius 2 is 1.28 bits per heavy atom. The van der Waals surface area contributed by atoms with E-state index in [2.05, 4.69) is 31.9 Å². The molecule has 3 aliphatic carbocycles. The van der Waals surface area contributed by atoms with Crippen LogP contribution in [0.25, 0.3) is 0 Å². The maximum Gasteiger partial charge on any atom is 0.509 e. The summed E-state index contributed by atoms with van der Waals surface area (Å²) in [4.78, 5) is 194. The van der Waals surface area contributed by atoms with E-state index < -0.39 is 191 Å². The number of nitrogens with two attached hydrogens (primary N) is 1. The number of hydrogen-bond acceptors (Lipinski definition) is 26. The third kappa shape index (κ3) is 22.4. The summed E-state index contributed by atoms with van der Waals surface area (Å²) >= 11 is 0. The minimum Gasteiger partial charge on any atom is -0.455 e. The maximum atomic E-state index is 16.1. The fraction of sp³-hybridized carbons (Fsp3) is 0.518. The lowest BCUT2D eigenvalue weighted by Crippen LogP contribution is -2.80. The molecule has 1 aliphatic heterocycles. The van der Waals surface area contributed by atoms with E-state index in [4.69, 9.17) is 57.8 Å². The minimum absolute atomic E-state index is 0.0293. The number of fused-ring (bicyclic) bond motifs is 5. The van der Waals surface area contributed by atoms with Crippen LogP contribution in [-0.2, 0) is 111 Å². The molecule has 1 saturated heterocycles. The highest BCUT2D eigenvalue weighted by molar-refractivity contribution is 6.01. The first kappa shape index (κ1) is 90.7. The van der Waals surface area contributed by atoms with E-state index >= 15 is 9.59 Å². The average Bonchev–Trinajstić information content (AvgIpc) is 0.668. The number of anilines is 1. The van der Waals surface area contributed by atoms with Gasteiger partial charge >= 0.3 is 30.0 Å². The summed E-state index contributed by atoms with van der Waals surface area (Å²) in [6.07, 6.45) is -10.6. The smallest absolute Gasteiger partial charge is 0.455 e. The van der Waals surface area contributed by atoms with Gasteiger partial charge in [-0.2, -0.15) is 0 Å². The summed E-state index contributed by atoms with van der Waals surface area (Å²) in [5.41, 5.74) is -1.44. The number of aliphatic hydroxyl groups is 1. The number of Topliss-reactive ketones (excluding diaryl/α,β-unsaturated/α-hetero) is 2. The number of unbranched alkanes of at least 4 members (excludes halogenated alkanes) is 1. The quantitative estimate of drug-likeness (QED) is 0.0127. The van der Waals surface area contributed by atoms with E-state index in [-0.39, 0.29) is 110 Å². The molecule has 1 heterocycles. The van der Waals surface area contributed by atoms with Crippen LogP contribution in [0.4, 0.5) is 10.5 Å². The van der Waals surface area contributed by atoms with E-state index in [9.17, 15) is 62.6 Å². The fourth-order valence-corrected chi connectivity index (χ4v) is 15.4. The largest absolute Gasteiger partial charge is 0.509 e. The molecule has 4 aliphatic rings. The number of esters is 4. The Balaban J connectivity index is 0.997. The molecule has 4 aromatic rings. The zero-order valence-electron chi connectivity index (χ0n) is 66.9. The topological polar surface area (TPSA) is 459 Å². The van der Waals surface area contributed by atoms with Crippen LogP contribution in [0.15, 0.2) is 126 Å². The molecule has 4 aromatic carbocycles. The van der Waals surface area contributed by atoms with Crippen molar-refractivity contribution in [3.05, 3.63) is 149 Å². The van der Waals surface area contributed by atoms with Gasteiger partial charge in [-0.05, 0) is 104 Å². The summed E-state index contributed by atoms with van der Waals surface area (Å²) in [6.45, 7) is 12.7. The molecule has 9 N–H and O–H groups in total. The van der Waals surface area contributed by atoms with Crippen LogP contribution in [0.1, 0.15) is 145 Å². The second-order valence-electron chi connectivity index (χ2n) is 30.1. The first-order valence-electron chi connectivity index (χ1n) is 38.3. The molecule has 5 unspecified atom stereocenters. The number of hydrogen-bond donors (Lipinski definition) is 8. The predicted octanol–water partition coefficient (Wildman–Crippen LogP) is 4.87. The second-order valence-corrected chi connectivity index (χ2v) is 30.1. The number of benzene rings is 4. The Hall–Kier alpha value is -10.8. The van der Waals surface area contributed by atoms with Crippen molar-refractivity contribution in [2.24, 2.45) is 34.3 Å². The number of amides is 7. The van der Waals surface area contributed by atoms with Crippen LogP contribution < -0.4 is 37.6 Å². The van der Waals surface area contributed by atoms with Crippen LogP contribution in [0.3, 0.4) is 0 Å². The van der Waals surface area contributed by atoms with Gasteiger partial charge in [-0.3, -0.25) is 52.7 Å². The van der Waals surface area contributed by atoms with Gasteiger partial charge in [-0.1, -0.05) is 113 Å². The first-order chi connectivity index (χ1) is 55.1. The number of carbonyl (C=O) groups is 14. The van der Waals surface area contributed by atoms with E-state index in [1.165, 1.54) is 103 Å². The minimum atomic E-state index is -2.49. The van der Waals surface area contributed by atoms with Gasteiger partial charge in [0.2, 0.25) is 41.5 Å². The number of methoxy groups -OCH3 is 2. The van der Waals surface area contributed by atoms with Gasteiger partial charge in [0.15, 0.2) is 23.3 Å². The van der Waals surface area contributed by atoms with Gasteiger partial charge in [0, 0.05) is 75.5 Å². The van der Waals surface area contributed by atoms with Gasteiger partial charge in [0.25, 0.3) is 5.91 Å². The van der Waals surface area contributed by atoms with Gasteiger partial charge in [0.05, 0.1) is 57.0 Å². The van der Waals surface area contributed by atoms with Gasteiger partial charge in [0.1, 0.15) is 61.9 Å². The van der Waals surface area contributed by atoms with Crippen molar-refractivity contribution in [1.29, 1.82) is 0 Å². The van der Waals surface area contributed by atoms with Gasteiger partial charge < -0.3 is 94.8 Å². The normalized spacial score (nSPS) is 23.2. The molecule has 0 spiro atoms. The van der Waals surface area contributed by atoms with Crippen LogP contribution >= 0.6 is 0 Å². The monoisotopic (exact) mass is 1620 g/mol. The number of primary amides is 1. The average molecular weight is 1620 g/mol. The lowest BCUT2D eigenvalue weighted by atomic mass is 9.43. The first-order valence-corrected chi connectivity index (χ1v) is 38.3. The summed E-state index contributed by atoms with van der Waals surface area (Å²) in [5.74, 6) is -13.7. The summed E-state index contributed by atoms with van der Waals surface area (Å²) in [6, 6.07) is 23.6. The molecule has 8 rings (SSSR count). The van der Waals surface area contributed by atoms with E-state index in [1.54, 1.807) is 82.3 Å². The van der Waals surface area contributed by atoms with Gasteiger partial charge in [-0.15, -0.1) is 0 Å². The van der Waals surface area contributed by atoms with E-state index in [0.29, 0.717) is 19.4 Å². The zero-order chi connectivity index (χ0) is 84.8. The highest BCUT2D eigenvalue weighted by atomic mass is 16.7. The summed E-state index contributed by atoms with van der Waals surface area (Å²) in [7, 11) is 2.96. The molecule has 33 heteroatoms. The summed E-state index contributed by atoms with van der Waals surface area (Å²) < 4.78 is 63.6. The summed E-state index contributed by atoms with van der Waals surface area (Å²) in [5, 5.41) is 30.0. The Kier molecular flexibility index (Phi) is 32.2. The number of nitrogens with one attached hydrogen (secondary N) is 6. The molecular weight excluding hydrogens is 1510 g/mol. The Morgan fingerprint density at radius 1 is 0.672 bits per heavy atom. The van der Waals surface area contributed by atoms with Crippen molar-refractivity contribution in [2.45, 2.75) is 180 Å². The zero-order valence-corrected chi connectivity index (χ0v) is 66.9. The number of ketones is 2. The highest BCUT2D eigenvalue weighted by Gasteiger charge is 2.78. The van der Waals surface area contributed by atoms with E-state index in [1.807, 2.05) is 0 Å². The number of rotatable bonds is 40. The van der Waals surface area contributed by atoms with Crippen molar-refractivity contribution in [2.75, 3.05) is 72.3 Å². The molecule has 2 bridgehead atoms. The van der Waals surface area contributed by atoms with Crippen molar-refractivity contribution >= 4 is 88.6 Å². The third-order valence-electron chi connectivity index (χ3n) is 21.8. The van der Waals surface area contributed by atoms with Crippen molar-refractivity contribution < 1.29 is 124 Å². The molecule has 0 aromatic heterocycles. The van der Waals surface area contributed by atoms with Crippen molar-refractivity contribution in [3.8, 4) is 0 Å². The fourth-order valence-electron chi connectivity index (χ4n) is 15.4. The third-order valence-corrected chi connectivity index (χ3v) is 21.8. The Morgan fingerprint density at radius 3 is 1.87 bits per heavy atom. The second kappa shape index (κ2) is 41.1. The molecule has 116 heavy (non-hydrogen) atoms. The highest BCUT2D eigenvalue weighted by Crippen LogP contribution is 2.66. The molecule has 2 saturated carbocycles. The molecule has 33 nitrogen and oxygen atoms in total. The van der Waals surface area contributed by atoms with Crippen LogP contribution in [0.2, 0.25) is 0 Å². The SMILES string of the molecule is COCCOCC(=O)NCCCC[C@H](NC(=O)COCCOC)C(=O)C[C@H](C)C(=O)N[C@H](C)C(=O)N[C@H](CC(N)=O)C(=O)Nc1ccc(COC(=O)OC(C(=O)OC2C[C@@]3(O)C(OC(=O)c4ccccc4)[C@@H]4C5(OC(C)=O)COC5C[C@H](C)[C@@]4(C)C(=O)[C@H](OC(C)=O)C(=C2C)C3(C)C)[C@@H](NC(=O)c2ccccc2)c2ccccc2)cc1. The Labute approximate surface area is 671 Å². The van der Waals surface area contributed by atoms with Crippen LogP contribution in [-0.4, -0.2) is 215 Å². The van der Waals surface area contributed by atoms with Gasteiger partial charge in [-0.25, -0.2) is 14.4 Å². The lowest BCUT2D eigenvalue weighted by molar-refractivity contribution is -0.340. The van der Waals surface area contributed by atoms with Crippen molar-refractivity contribution in [3.63, 3.8) is 0 Å². The van der Waals surface area contributed by atoms with Crippen molar-refractivity contribution in [1.82, 2.24) is 26.6 Å². The molecule has 628 valence electrons. The number of carbonyl (C=O) groups excluding carboxylic acids is 14. The predicted molar refractivity (Wildman–Crippen MR) is 411 cm³/mol. The molecule has 3 fully saturated rings. The van der Waals surface area contributed by atoms with Crippen LogP contribution in [0.5, 0.6) is 0 Å². The molecular formula is C83H105N7O26. The number of ether oxygens (including phenoxy) is 11. The Bertz CT molecular complexity index is 4220. The molecule has 7 amide bonds. The maximum absolute atomic E-state index is 16.1.